The second-order valence-electron chi connectivity index (χ2n) is 9.16. The van der Waals surface area contributed by atoms with E-state index >= 15 is 0 Å². The van der Waals surface area contributed by atoms with Crippen LogP contribution >= 0.6 is 0 Å². The summed E-state index contributed by atoms with van der Waals surface area (Å²) in [5.74, 6) is -4.20. The van der Waals surface area contributed by atoms with Crippen LogP contribution < -0.4 is 0 Å². The van der Waals surface area contributed by atoms with Gasteiger partial charge in [-0.1, -0.05) is 12.8 Å². The van der Waals surface area contributed by atoms with Crippen LogP contribution in [-0.2, 0) is 38.7 Å². The fourth-order valence-electron chi connectivity index (χ4n) is 5.99. The molecule has 3 N–H and O–H groups in total. The number of carbonyl (C=O) groups is 3. The Hall–Kier alpha value is -1.90. The monoisotopic (exact) mass is 498 g/mol. The zero-order valence-electron chi connectivity index (χ0n) is 17.3. The van der Waals surface area contributed by atoms with Crippen LogP contribution in [0.1, 0.15) is 44.9 Å². The second-order valence-corrected chi connectivity index (χ2v) is 10.7. The Morgan fingerprint density at radius 1 is 1.18 bits per heavy atom. The minimum Gasteiger partial charge on any atom is -0.458 e. The molecule has 2 bridgehead atoms. The number of alkyl halides is 2. The average molecular weight is 498 g/mol. The summed E-state index contributed by atoms with van der Waals surface area (Å²) in [4.78, 5) is 36.4. The molecule has 186 valence electrons. The van der Waals surface area contributed by atoms with Crippen LogP contribution in [0.5, 0.6) is 0 Å². The van der Waals surface area contributed by atoms with Crippen molar-refractivity contribution in [2.75, 3.05) is 0 Å². The minimum atomic E-state index is -6.04. The normalized spacial score (nSPS) is 35.4. The maximum absolute atomic E-state index is 13.2. The summed E-state index contributed by atoms with van der Waals surface area (Å²) in [5.41, 5.74) is -1.04. The molecule has 33 heavy (non-hydrogen) atoms. The molecule has 1 aliphatic heterocycles. The van der Waals surface area contributed by atoms with E-state index in [1.165, 1.54) is 0 Å². The van der Waals surface area contributed by atoms with E-state index in [0.29, 0.717) is 19.3 Å². The van der Waals surface area contributed by atoms with Crippen molar-refractivity contribution in [2.45, 2.75) is 74.3 Å². The van der Waals surface area contributed by atoms with E-state index < -0.39 is 82.1 Å². The lowest BCUT2D eigenvalue weighted by Crippen LogP contribution is -2.49. The Balaban J connectivity index is 1.35. The van der Waals surface area contributed by atoms with Gasteiger partial charge in [-0.15, -0.1) is 0 Å². The summed E-state index contributed by atoms with van der Waals surface area (Å²) in [6, 6.07) is 0. The molecule has 11 nitrogen and oxygen atoms in total. The van der Waals surface area contributed by atoms with Crippen molar-refractivity contribution in [3.05, 3.63) is 0 Å². The fraction of sp³-hybridized carbons (Fsp3) is 0.842. The Morgan fingerprint density at radius 3 is 2.39 bits per heavy atom. The van der Waals surface area contributed by atoms with Gasteiger partial charge in [0, 0.05) is 17.8 Å². The SMILES string of the molecule is O=C(CCC(=O)OC(O)C(F)(F)S(=O)(=O)O)OC1C2CC3C1OC(=O)C3C2C1(O)CCCC1. The van der Waals surface area contributed by atoms with Crippen LogP contribution in [0.3, 0.4) is 0 Å². The molecular formula is C19H24F2O11S. The molecule has 4 fully saturated rings. The molecular weight excluding hydrogens is 474 g/mol. The van der Waals surface area contributed by atoms with Crippen molar-refractivity contribution in [1.82, 2.24) is 0 Å². The Labute approximate surface area is 187 Å². The van der Waals surface area contributed by atoms with Crippen molar-refractivity contribution >= 4 is 28.0 Å². The van der Waals surface area contributed by atoms with E-state index in [1.54, 1.807) is 0 Å². The molecule has 0 aromatic rings. The number of fused-ring (bicyclic) bond motifs is 1. The first-order valence-corrected chi connectivity index (χ1v) is 12.0. The number of carbonyl (C=O) groups excluding carboxylic acids is 3. The molecule has 0 aromatic carbocycles. The zero-order valence-corrected chi connectivity index (χ0v) is 18.1. The highest BCUT2D eigenvalue weighted by Gasteiger charge is 2.71. The molecule has 0 spiro atoms. The molecule has 14 heteroatoms. The summed E-state index contributed by atoms with van der Waals surface area (Å²) in [6.07, 6.45) is -3.12. The minimum absolute atomic E-state index is 0.183. The maximum atomic E-state index is 13.2. The molecule has 7 atom stereocenters. The highest BCUT2D eigenvalue weighted by atomic mass is 32.2. The number of hydrogen-bond acceptors (Lipinski definition) is 10. The third kappa shape index (κ3) is 4.00. The Bertz CT molecular complexity index is 945. The van der Waals surface area contributed by atoms with Crippen LogP contribution in [0, 0.1) is 23.7 Å². The van der Waals surface area contributed by atoms with Gasteiger partial charge in [-0.05, 0) is 19.3 Å². The Kier molecular flexibility index (Phi) is 5.95. The predicted octanol–water partition coefficient (Wildman–Crippen LogP) is 0.133. The lowest BCUT2D eigenvalue weighted by molar-refractivity contribution is -0.205. The van der Waals surface area contributed by atoms with Crippen LogP contribution in [0.2, 0.25) is 0 Å². The van der Waals surface area contributed by atoms with Gasteiger partial charge in [0.05, 0.1) is 24.4 Å². The summed E-state index contributed by atoms with van der Waals surface area (Å²) < 4.78 is 70.7. The number of ether oxygens (including phenoxy) is 3. The van der Waals surface area contributed by atoms with E-state index in [9.17, 15) is 36.7 Å². The van der Waals surface area contributed by atoms with Crippen LogP contribution in [0.15, 0.2) is 0 Å². The third-order valence-corrected chi connectivity index (χ3v) is 8.20. The Morgan fingerprint density at radius 2 is 1.79 bits per heavy atom. The molecule has 4 aliphatic rings. The summed E-state index contributed by atoms with van der Waals surface area (Å²) in [5, 5.41) is 15.1. The number of halogens is 2. The van der Waals surface area contributed by atoms with Gasteiger partial charge in [0.1, 0.15) is 12.2 Å². The number of aliphatic hydroxyl groups excluding tert-OH is 1. The van der Waals surface area contributed by atoms with E-state index in [-0.39, 0.29) is 11.8 Å². The van der Waals surface area contributed by atoms with Crippen LogP contribution in [-0.4, -0.2) is 70.4 Å². The zero-order chi connectivity index (χ0) is 24.3. The quantitative estimate of drug-likeness (QED) is 0.180. The van der Waals surface area contributed by atoms with Crippen LogP contribution in [0.4, 0.5) is 8.78 Å². The van der Waals surface area contributed by atoms with Gasteiger partial charge in [0.25, 0.3) is 6.29 Å². The van der Waals surface area contributed by atoms with E-state index in [2.05, 4.69) is 4.74 Å². The van der Waals surface area contributed by atoms with Gasteiger partial charge in [0.15, 0.2) is 0 Å². The fourth-order valence-corrected chi connectivity index (χ4v) is 6.30. The number of esters is 3. The molecule has 0 radical (unpaired) electrons. The lowest BCUT2D eigenvalue weighted by atomic mass is 9.68. The molecule has 3 saturated carbocycles. The smallest absolute Gasteiger partial charge is 0.430 e. The van der Waals surface area contributed by atoms with Crippen molar-refractivity contribution in [2.24, 2.45) is 23.7 Å². The summed E-state index contributed by atoms with van der Waals surface area (Å²) in [7, 11) is -6.04. The summed E-state index contributed by atoms with van der Waals surface area (Å²) >= 11 is 0. The lowest BCUT2D eigenvalue weighted by Gasteiger charge is -2.40. The van der Waals surface area contributed by atoms with E-state index in [4.69, 9.17) is 19.1 Å². The van der Waals surface area contributed by atoms with Crippen molar-refractivity contribution < 1.29 is 60.6 Å². The topological polar surface area (TPSA) is 174 Å². The van der Waals surface area contributed by atoms with Gasteiger partial charge in [0.2, 0.25) is 0 Å². The first-order chi connectivity index (χ1) is 15.3. The van der Waals surface area contributed by atoms with E-state index in [1.807, 2.05) is 0 Å². The largest absolute Gasteiger partial charge is 0.458 e. The molecule has 4 rings (SSSR count). The van der Waals surface area contributed by atoms with Crippen LogP contribution in [0.25, 0.3) is 0 Å². The molecule has 1 saturated heterocycles. The molecule has 1 heterocycles. The van der Waals surface area contributed by atoms with Gasteiger partial charge in [-0.3, -0.25) is 18.9 Å². The highest BCUT2D eigenvalue weighted by molar-refractivity contribution is 7.86. The molecule has 0 aromatic heterocycles. The highest BCUT2D eigenvalue weighted by Crippen LogP contribution is 2.63. The number of hydrogen-bond donors (Lipinski definition) is 3. The summed E-state index contributed by atoms with van der Waals surface area (Å²) in [6.45, 7) is 0. The maximum Gasteiger partial charge on any atom is 0.430 e. The third-order valence-electron chi connectivity index (χ3n) is 7.31. The molecule has 0 amide bonds. The molecule has 7 unspecified atom stereocenters. The van der Waals surface area contributed by atoms with Crippen molar-refractivity contribution in [1.29, 1.82) is 0 Å². The van der Waals surface area contributed by atoms with Crippen molar-refractivity contribution in [3.8, 4) is 0 Å². The predicted molar refractivity (Wildman–Crippen MR) is 99.6 cm³/mol. The molecule has 3 aliphatic carbocycles. The van der Waals surface area contributed by atoms with E-state index in [0.717, 1.165) is 12.8 Å². The van der Waals surface area contributed by atoms with Crippen molar-refractivity contribution in [3.63, 3.8) is 0 Å². The standard InChI is InChI=1S/C19H24F2O11S/c20-19(21,33(27,28)29)17(25)31-11(23)4-3-10(22)30-15-9-7-8-12(16(24)32-14(8)15)13(9)18(26)5-1-2-6-18/h8-9,12-15,17,25-26H,1-7H2,(H,27,28,29). The first-order valence-electron chi connectivity index (χ1n) is 10.6. The van der Waals surface area contributed by atoms with Gasteiger partial charge in [-0.2, -0.15) is 17.2 Å². The van der Waals surface area contributed by atoms with Gasteiger partial charge >= 0.3 is 33.3 Å². The first kappa shape index (κ1) is 24.2. The van der Waals surface area contributed by atoms with Gasteiger partial charge in [-0.25, -0.2) is 0 Å². The second kappa shape index (κ2) is 8.10. The number of aliphatic hydroxyl groups is 2. The van der Waals surface area contributed by atoms with Gasteiger partial charge < -0.3 is 24.4 Å². The average Bonchev–Trinajstić information content (AvgIpc) is 3.43. The number of rotatable bonds is 8.